The van der Waals surface area contributed by atoms with Crippen molar-refractivity contribution in [3.63, 3.8) is 0 Å². The van der Waals surface area contributed by atoms with E-state index in [1.54, 1.807) is 24.3 Å². The molecule has 0 aliphatic carbocycles. The molecular formula is C11H16N4O2. The van der Waals surface area contributed by atoms with Crippen LogP contribution in [0.4, 0.5) is 0 Å². The summed E-state index contributed by atoms with van der Waals surface area (Å²) in [4.78, 5) is 0. The first-order valence-electron chi connectivity index (χ1n) is 5.48. The van der Waals surface area contributed by atoms with E-state index in [9.17, 15) is 0 Å². The minimum atomic E-state index is 0.682. The molecule has 0 unspecified atom stereocenters. The zero-order chi connectivity index (χ0) is 11.9. The van der Waals surface area contributed by atoms with Crippen molar-refractivity contribution < 1.29 is 9.15 Å². The van der Waals surface area contributed by atoms with Gasteiger partial charge in [-0.1, -0.05) is 5.21 Å². The average molecular weight is 236 g/mol. The predicted octanol–water partition coefficient (Wildman–Crippen LogP) is 0.655. The van der Waals surface area contributed by atoms with Gasteiger partial charge in [-0.3, -0.25) is 0 Å². The van der Waals surface area contributed by atoms with Gasteiger partial charge in [0.1, 0.15) is 0 Å². The molecule has 0 saturated carbocycles. The van der Waals surface area contributed by atoms with Crippen molar-refractivity contribution in [3.8, 4) is 0 Å². The van der Waals surface area contributed by atoms with Crippen LogP contribution in [0.3, 0.4) is 0 Å². The van der Waals surface area contributed by atoms with E-state index >= 15 is 0 Å². The quantitative estimate of drug-likeness (QED) is 0.715. The van der Waals surface area contributed by atoms with E-state index in [2.05, 4.69) is 15.6 Å². The van der Waals surface area contributed by atoms with Gasteiger partial charge >= 0.3 is 0 Å². The molecule has 92 valence electrons. The molecule has 2 heterocycles. The van der Waals surface area contributed by atoms with E-state index in [1.807, 2.05) is 12.3 Å². The minimum Gasteiger partial charge on any atom is -0.472 e. The van der Waals surface area contributed by atoms with Gasteiger partial charge in [-0.15, -0.1) is 5.10 Å². The number of nitrogens with zero attached hydrogens (tertiary/aromatic N) is 3. The maximum absolute atomic E-state index is 5.00. The lowest BCUT2D eigenvalue weighted by Gasteiger charge is -1.99. The lowest BCUT2D eigenvalue weighted by atomic mass is 10.3. The molecule has 0 fully saturated rings. The van der Waals surface area contributed by atoms with Gasteiger partial charge in [-0.05, 0) is 6.07 Å². The molecule has 6 nitrogen and oxygen atoms in total. The molecule has 6 heteroatoms. The summed E-state index contributed by atoms with van der Waals surface area (Å²) in [5.74, 6) is 0. The van der Waals surface area contributed by atoms with Crippen LogP contribution in [0.1, 0.15) is 11.3 Å². The first-order valence-corrected chi connectivity index (χ1v) is 5.48. The monoisotopic (exact) mass is 236 g/mol. The summed E-state index contributed by atoms with van der Waals surface area (Å²) in [6.07, 6.45) is 5.28. The van der Waals surface area contributed by atoms with Crippen LogP contribution in [-0.4, -0.2) is 35.3 Å². The van der Waals surface area contributed by atoms with Crippen LogP contribution in [0.2, 0.25) is 0 Å². The van der Waals surface area contributed by atoms with Gasteiger partial charge in [0.05, 0.1) is 37.6 Å². The van der Waals surface area contributed by atoms with Gasteiger partial charge in [0.25, 0.3) is 0 Å². The number of methoxy groups -OCH3 is 1. The van der Waals surface area contributed by atoms with E-state index in [-0.39, 0.29) is 0 Å². The Balaban J connectivity index is 1.79. The van der Waals surface area contributed by atoms with Crippen LogP contribution >= 0.6 is 0 Å². The second-order valence-electron chi connectivity index (χ2n) is 3.71. The summed E-state index contributed by atoms with van der Waals surface area (Å²) in [5.41, 5.74) is 2.00. The zero-order valence-electron chi connectivity index (χ0n) is 9.80. The molecule has 2 rings (SSSR count). The van der Waals surface area contributed by atoms with Crippen molar-refractivity contribution in [2.45, 2.75) is 13.1 Å². The first-order chi connectivity index (χ1) is 8.38. The van der Waals surface area contributed by atoms with Crippen molar-refractivity contribution in [2.75, 3.05) is 20.3 Å². The van der Waals surface area contributed by atoms with Crippen LogP contribution in [0.5, 0.6) is 0 Å². The molecule has 2 aromatic rings. The summed E-state index contributed by atoms with van der Waals surface area (Å²) in [7, 11) is 1.68. The second kappa shape index (κ2) is 6.17. The largest absolute Gasteiger partial charge is 0.472 e. The molecule has 0 aliphatic rings. The van der Waals surface area contributed by atoms with Crippen LogP contribution in [0.15, 0.2) is 29.2 Å². The van der Waals surface area contributed by atoms with Gasteiger partial charge in [-0.25, -0.2) is 4.68 Å². The zero-order valence-corrected chi connectivity index (χ0v) is 9.80. The fourth-order valence-electron chi connectivity index (χ4n) is 1.46. The third kappa shape index (κ3) is 3.69. The van der Waals surface area contributed by atoms with Crippen LogP contribution in [0, 0.1) is 0 Å². The van der Waals surface area contributed by atoms with Crippen molar-refractivity contribution >= 4 is 0 Å². The van der Waals surface area contributed by atoms with Gasteiger partial charge in [0.2, 0.25) is 0 Å². The van der Waals surface area contributed by atoms with Gasteiger partial charge < -0.3 is 14.5 Å². The summed E-state index contributed by atoms with van der Waals surface area (Å²) < 4.78 is 11.7. The van der Waals surface area contributed by atoms with Crippen LogP contribution in [0.25, 0.3) is 0 Å². The Morgan fingerprint density at radius 1 is 1.53 bits per heavy atom. The molecule has 0 amide bonds. The van der Waals surface area contributed by atoms with Crippen molar-refractivity contribution in [1.29, 1.82) is 0 Å². The Morgan fingerprint density at radius 3 is 3.24 bits per heavy atom. The molecule has 0 spiro atoms. The fourth-order valence-corrected chi connectivity index (χ4v) is 1.46. The molecule has 2 aromatic heterocycles. The molecule has 0 bridgehead atoms. The summed E-state index contributed by atoms with van der Waals surface area (Å²) in [6.45, 7) is 2.89. The van der Waals surface area contributed by atoms with E-state index in [1.165, 1.54) is 0 Å². The Hall–Kier alpha value is -1.66. The van der Waals surface area contributed by atoms with Crippen LogP contribution < -0.4 is 5.32 Å². The van der Waals surface area contributed by atoms with Crippen LogP contribution in [-0.2, 0) is 17.8 Å². The second-order valence-corrected chi connectivity index (χ2v) is 3.71. The molecular weight excluding hydrogens is 220 g/mol. The van der Waals surface area contributed by atoms with E-state index in [4.69, 9.17) is 9.15 Å². The highest BCUT2D eigenvalue weighted by Gasteiger charge is 2.01. The van der Waals surface area contributed by atoms with Crippen molar-refractivity contribution in [2.24, 2.45) is 0 Å². The third-order valence-corrected chi connectivity index (χ3v) is 2.30. The Morgan fingerprint density at radius 2 is 2.47 bits per heavy atom. The maximum Gasteiger partial charge on any atom is 0.0964 e. The fraction of sp³-hybridized carbons (Fsp3) is 0.455. The minimum absolute atomic E-state index is 0.682. The molecule has 0 radical (unpaired) electrons. The third-order valence-electron chi connectivity index (χ3n) is 2.30. The number of aromatic nitrogens is 3. The normalized spacial score (nSPS) is 10.9. The Kier molecular flexibility index (Phi) is 4.29. The van der Waals surface area contributed by atoms with Gasteiger partial charge in [-0.2, -0.15) is 0 Å². The van der Waals surface area contributed by atoms with E-state index in [0.717, 1.165) is 17.8 Å². The Bertz CT molecular complexity index is 424. The molecule has 1 N–H and O–H groups in total. The number of hydrogen-bond donors (Lipinski definition) is 1. The predicted molar refractivity (Wildman–Crippen MR) is 61.4 cm³/mol. The highest BCUT2D eigenvalue weighted by Crippen LogP contribution is 2.02. The highest BCUT2D eigenvalue weighted by molar-refractivity contribution is 5.06. The van der Waals surface area contributed by atoms with E-state index < -0.39 is 0 Å². The molecule has 0 atom stereocenters. The van der Waals surface area contributed by atoms with E-state index in [0.29, 0.717) is 19.7 Å². The number of furan rings is 1. The van der Waals surface area contributed by atoms with Gasteiger partial charge in [0.15, 0.2) is 0 Å². The summed E-state index contributed by atoms with van der Waals surface area (Å²) >= 11 is 0. The first kappa shape index (κ1) is 11.8. The maximum atomic E-state index is 5.00. The highest BCUT2D eigenvalue weighted by atomic mass is 16.5. The molecule has 0 saturated heterocycles. The summed E-state index contributed by atoms with van der Waals surface area (Å²) in [5, 5.41) is 11.3. The summed E-state index contributed by atoms with van der Waals surface area (Å²) in [6, 6.07) is 1.91. The molecule has 17 heavy (non-hydrogen) atoms. The molecule has 0 aliphatic heterocycles. The number of ether oxygens (including phenoxy) is 1. The van der Waals surface area contributed by atoms with Crippen molar-refractivity contribution in [1.82, 2.24) is 20.3 Å². The van der Waals surface area contributed by atoms with Crippen molar-refractivity contribution in [3.05, 3.63) is 36.0 Å². The lowest BCUT2D eigenvalue weighted by Crippen LogP contribution is -2.18. The number of hydrogen-bond acceptors (Lipinski definition) is 5. The topological polar surface area (TPSA) is 65.1 Å². The van der Waals surface area contributed by atoms with Gasteiger partial charge in [0, 0.05) is 25.8 Å². The smallest absolute Gasteiger partial charge is 0.0964 e. The number of rotatable bonds is 7. The molecule has 0 aromatic carbocycles. The standard InChI is InChI=1S/C11H16N4O2/c1-16-5-3-12-6-11-8-15(14-13-11)7-10-2-4-17-9-10/h2,4,8-9,12H,3,5-7H2,1H3. The SMILES string of the molecule is COCCNCc1cn(Cc2ccoc2)nn1. The Labute approximate surface area is 99.6 Å². The average Bonchev–Trinajstić information content (AvgIpc) is 2.97. The lowest BCUT2D eigenvalue weighted by molar-refractivity contribution is 0.199. The number of nitrogens with one attached hydrogen (secondary N) is 1.